The van der Waals surface area contributed by atoms with Crippen molar-refractivity contribution in [3.63, 3.8) is 0 Å². The minimum absolute atomic E-state index is 0.749. The van der Waals surface area contributed by atoms with Crippen LogP contribution in [0.15, 0.2) is 53.0 Å². The summed E-state index contributed by atoms with van der Waals surface area (Å²) >= 11 is 5.03. The Morgan fingerprint density at radius 3 is 2.50 bits per heavy atom. The van der Waals surface area contributed by atoms with Crippen LogP contribution in [0.1, 0.15) is 0 Å². The van der Waals surface area contributed by atoms with Gasteiger partial charge in [-0.2, -0.15) is 9.61 Å². The molecule has 0 spiro atoms. The van der Waals surface area contributed by atoms with Gasteiger partial charge >= 0.3 is 0 Å². The van der Waals surface area contributed by atoms with Crippen LogP contribution in [0.3, 0.4) is 0 Å². The highest BCUT2D eigenvalue weighted by atomic mass is 79.9. The fraction of sp³-hybridized carbons (Fsp3) is 0.118. The Morgan fingerprint density at radius 1 is 1.00 bits per heavy atom. The van der Waals surface area contributed by atoms with Gasteiger partial charge in [0.2, 0.25) is 4.96 Å². The summed E-state index contributed by atoms with van der Waals surface area (Å²) < 4.78 is 2.81. The molecule has 24 heavy (non-hydrogen) atoms. The Bertz CT molecular complexity index is 1000. The number of aromatic nitrogens is 4. The van der Waals surface area contributed by atoms with E-state index in [1.165, 1.54) is 11.3 Å². The minimum atomic E-state index is 0.749. The number of rotatable bonds is 3. The summed E-state index contributed by atoms with van der Waals surface area (Å²) in [6, 6.07) is 16.3. The molecule has 2 aromatic heterocycles. The smallest absolute Gasteiger partial charge is 0.235 e. The molecule has 120 valence electrons. The van der Waals surface area contributed by atoms with Crippen LogP contribution in [0.4, 0.5) is 5.69 Å². The maximum absolute atomic E-state index is 4.70. The number of benzene rings is 2. The van der Waals surface area contributed by atoms with Gasteiger partial charge in [-0.05, 0) is 36.4 Å². The molecule has 0 unspecified atom stereocenters. The molecule has 0 radical (unpaired) electrons. The van der Waals surface area contributed by atoms with Crippen molar-refractivity contribution in [2.45, 2.75) is 0 Å². The van der Waals surface area contributed by atoms with E-state index in [1.54, 1.807) is 0 Å². The summed E-state index contributed by atoms with van der Waals surface area (Å²) in [7, 11) is 4.06. The predicted octanol–water partition coefficient (Wildman–Crippen LogP) is 4.35. The van der Waals surface area contributed by atoms with Crippen LogP contribution in [0.25, 0.3) is 26.9 Å². The molecule has 0 atom stereocenters. The molecule has 4 aromatic rings. The number of fused-ring (bicyclic) bond motifs is 1. The van der Waals surface area contributed by atoms with E-state index in [9.17, 15) is 0 Å². The zero-order chi connectivity index (χ0) is 16.7. The Morgan fingerprint density at radius 2 is 1.79 bits per heavy atom. The van der Waals surface area contributed by atoms with E-state index in [4.69, 9.17) is 5.10 Å². The molecule has 2 heterocycles. The third-order valence-electron chi connectivity index (χ3n) is 3.70. The second kappa shape index (κ2) is 5.99. The highest BCUT2D eigenvalue weighted by Gasteiger charge is 2.14. The Balaban J connectivity index is 1.77. The van der Waals surface area contributed by atoms with Crippen LogP contribution in [0.5, 0.6) is 0 Å². The van der Waals surface area contributed by atoms with Gasteiger partial charge in [-0.3, -0.25) is 0 Å². The maximum atomic E-state index is 4.70. The maximum Gasteiger partial charge on any atom is 0.235 e. The minimum Gasteiger partial charge on any atom is -0.378 e. The van der Waals surface area contributed by atoms with Gasteiger partial charge in [0, 0.05) is 35.4 Å². The Hall–Kier alpha value is -2.25. The molecule has 0 aliphatic carbocycles. The molecule has 0 fully saturated rings. The molecule has 0 N–H and O–H groups in total. The summed E-state index contributed by atoms with van der Waals surface area (Å²) in [4.78, 5) is 2.87. The van der Waals surface area contributed by atoms with Crippen molar-refractivity contribution in [3.8, 4) is 22.0 Å². The summed E-state index contributed by atoms with van der Waals surface area (Å²) in [6.07, 6.45) is 0. The lowest BCUT2D eigenvalue weighted by Gasteiger charge is -2.11. The zero-order valence-electron chi connectivity index (χ0n) is 13.1. The number of halogens is 1. The lowest BCUT2D eigenvalue weighted by atomic mass is 10.2. The van der Waals surface area contributed by atoms with E-state index in [-0.39, 0.29) is 0 Å². The van der Waals surface area contributed by atoms with Gasteiger partial charge in [-0.1, -0.05) is 39.4 Å². The van der Waals surface area contributed by atoms with Crippen molar-refractivity contribution in [3.05, 3.63) is 53.0 Å². The van der Waals surface area contributed by atoms with E-state index in [0.29, 0.717) is 0 Å². The number of nitrogens with zero attached hydrogens (tertiary/aromatic N) is 5. The molecular weight excluding hydrogens is 386 g/mol. The zero-order valence-corrected chi connectivity index (χ0v) is 15.5. The first-order valence-electron chi connectivity index (χ1n) is 7.38. The fourth-order valence-corrected chi connectivity index (χ4v) is 3.69. The molecule has 0 amide bonds. The lowest BCUT2D eigenvalue weighted by molar-refractivity contribution is 0.970. The highest BCUT2D eigenvalue weighted by Crippen LogP contribution is 2.29. The van der Waals surface area contributed by atoms with E-state index in [2.05, 4.69) is 55.3 Å². The average molecular weight is 400 g/mol. The van der Waals surface area contributed by atoms with Gasteiger partial charge in [-0.15, -0.1) is 10.2 Å². The highest BCUT2D eigenvalue weighted by molar-refractivity contribution is 9.10. The molecule has 4 rings (SSSR count). The van der Waals surface area contributed by atoms with Gasteiger partial charge in [0.25, 0.3) is 0 Å². The van der Waals surface area contributed by atoms with Crippen molar-refractivity contribution in [1.82, 2.24) is 19.8 Å². The lowest BCUT2D eigenvalue weighted by Crippen LogP contribution is -2.07. The molecule has 0 aliphatic heterocycles. The summed E-state index contributed by atoms with van der Waals surface area (Å²) in [5, 5.41) is 14.2. The molecule has 0 saturated carbocycles. The van der Waals surface area contributed by atoms with Crippen LogP contribution in [0, 0.1) is 0 Å². The van der Waals surface area contributed by atoms with Crippen molar-refractivity contribution >= 4 is 37.9 Å². The van der Waals surface area contributed by atoms with Crippen LogP contribution >= 0.6 is 27.3 Å². The fourth-order valence-electron chi connectivity index (χ4n) is 2.44. The number of hydrogen-bond donors (Lipinski definition) is 0. The summed E-state index contributed by atoms with van der Waals surface area (Å²) in [5.74, 6) is 0.749. The molecule has 0 saturated heterocycles. The Labute approximate surface area is 151 Å². The SMILES string of the molecule is CN(C)c1ccc(-c2nn3c(-c4cccc(Br)c4)nnc3s2)cc1. The van der Waals surface area contributed by atoms with Crippen LogP contribution in [0.2, 0.25) is 0 Å². The molecular formula is C17H14BrN5S. The second-order valence-corrected chi connectivity index (χ2v) is 7.45. The second-order valence-electron chi connectivity index (χ2n) is 5.58. The standard InChI is InChI=1S/C17H14BrN5S/c1-22(2)14-8-6-11(7-9-14)16-21-23-15(19-20-17(23)24-16)12-4-3-5-13(18)10-12/h3-10H,1-2H3. The van der Waals surface area contributed by atoms with E-state index in [1.807, 2.05) is 42.9 Å². The van der Waals surface area contributed by atoms with Crippen molar-refractivity contribution in [1.29, 1.82) is 0 Å². The molecule has 7 heteroatoms. The largest absolute Gasteiger partial charge is 0.378 e. The third-order valence-corrected chi connectivity index (χ3v) is 5.15. The first kappa shape index (κ1) is 15.3. The molecule has 2 aromatic carbocycles. The van der Waals surface area contributed by atoms with Gasteiger partial charge in [0.05, 0.1) is 0 Å². The Kier molecular flexibility index (Phi) is 3.82. The quantitative estimate of drug-likeness (QED) is 0.513. The average Bonchev–Trinajstić information content (AvgIpc) is 3.15. The number of anilines is 1. The third kappa shape index (κ3) is 2.70. The monoisotopic (exact) mass is 399 g/mol. The van der Waals surface area contributed by atoms with E-state index < -0.39 is 0 Å². The van der Waals surface area contributed by atoms with Gasteiger partial charge in [-0.25, -0.2) is 0 Å². The van der Waals surface area contributed by atoms with Crippen LogP contribution < -0.4 is 4.90 Å². The van der Waals surface area contributed by atoms with Crippen molar-refractivity contribution in [2.75, 3.05) is 19.0 Å². The first-order valence-corrected chi connectivity index (χ1v) is 8.99. The topological polar surface area (TPSA) is 46.3 Å². The van der Waals surface area contributed by atoms with Crippen molar-refractivity contribution < 1.29 is 0 Å². The summed E-state index contributed by atoms with van der Waals surface area (Å²) in [6.45, 7) is 0. The summed E-state index contributed by atoms with van der Waals surface area (Å²) in [5.41, 5.74) is 3.23. The van der Waals surface area contributed by atoms with E-state index in [0.717, 1.165) is 37.1 Å². The van der Waals surface area contributed by atoms with Gasteiger partial charge in [0.1, 0.15) is 5.01 Å². The van der Waals surface area contributed by atoms with Crippen molar-refractivity contribution in [2.24, 2.45) is 0 Å². The first-order chi connectivity index (χ1) is 11.6. The molecule has 0 aliphatic rings. The normalized spacial score (nSPS) is 11.1. The van der Waals surface area contributed by atoms with E-state index >= 15 is 0 Å². The van der Waals surface area contributed by atoms with Gasteiger partial charge < -0.3 is 4.90 Å². The van der Waals surface area contributed by atoms with Gasteiger partial charge in [0.15, 0.2) is 5.82 Å². The molecule has 5 nitrogen and oxygen atoms in total. The van der Waals surface area contributed by atoms with Crippen LogP contribution in [-0.2, 0) is 0 Å². The predicted molar refractivity (Wildman–Crippen MR) is 102 cm³/mol. The number of hydrogen-bond acceptors (Lipinski definition) is 5. The van der Waals surface area contributed by atoms with Crippen LogP contribution in [-0.4, -0.2) is 33.9 Å². The molecule has 0 bridgehead atoms.